The molecule has 3 aromatic rings. The van der Waals surface area contributed by atoms with Crippen LogP contribution in [-0.4, -0.2) is 38.4 Å². The van der Waals surface area contributed by atoms with Gasteiger partial charge in [-0.25, -0.2) is 4.98 Å². The molecule has 0 radical (unpaired) electrons. The first-order chi connectivity index (χ1) is 11.6. The van der Waals surface area contributed by atoms with Gasteiger partial charge in [0.1, 0.15) is 11.5 Å². The van der Waals surface area contributed by atoms with E-state index in [1.165, 1.54) is 0 Å². The molecular weight excluding hydrogens is 300 g/mol. The van der Waals surface area contributed by atoms with Gasteiger partial charge in [-0.15, -0.1) is 0 Å². The number of amides is 1. The topological polar surface area (TPSA) is 53.9 Å². The molecule has 1 fully saturated rings. The highest BCUT2D eigenvalue weighted by molar-refractivity contribution is 5.98. The molecule has 0 aliphatic carbocycles. The van der Waals surface area contributed by atoms with Crippen LogP contribution in [0.3, 0.4) is 0 Å². The number of imidazole rings is 1. The molecule has 2 aromatic heterocycles. The first kappa shape index (κ1) is 15.0. The third kappa shape index (κ3) is 2.60. The minimum absolute atomic E-state index is 0.0850. The second-order valence-electron chi connectivity index (χ2n) is 6.71. The fourth-order valence-corrected chi connectivity index (χ4v) is 3.75. The summed E-state index contributed by atoms with van der Waals surface area (Å²) < 4.78 is 2.09. The van der Waals surface area contributed by atoms with E-state index in [1.54, 1.807) is 0 Å². The van der Waals surface area contributed by atoms with E-state index in [2.05, 4.69) is 14.5 Å². The van der Waals surface area contributed by atoms with Crippen molar-refractivity contribution >= 4 is 16.8 Å². The summed E-state index contributed by atoms with van der Waals surface area (Å²) in [6, 6.07) is 9.95. The summed E-state index contributed by atoms with van der Waals surface area (Å²) in [6.07, 6.45) is 4.15. The molecular formula is C19H22N4O. The average Bonchev–Trinajstić information content (AvgIpc) is 3.17. The first-order valence-corrected chi connectivity index (χ1v) is 8.48. The lowest BCUT2D eigenvalue weighted by Gasteiger charge is -2.32. The molecule has 5 heteroatoms. The van der Waals surface area contributed by atoms with Gasteiger partial charge in [0.05, 0.1) is 5.69 Å². The highest BCUT2D eigenvalue weighted by Gasteiger charge is 2.28. The van der Waals surface area contributed by atoms with Crippen molar-refractivity contribution in [3.63, 3.8) is 0 Å². The Morgan fingerprint density at radius 1 is 1.33 bits per heavy atom. The maximum Gasteiger partial charge on any atom is 0.270 e. The highest BCUT2D eigenvalue weighted by Crippen LogP contribution is 2.27. The largest absolute Gasteiger partial charge is 0.351 e. The summed E-state index contributed by atoms with van der Waals surface area (Å²) in [5, 5.41) is 1.08. The van der Waals surface area contributed by atoms with Crippen molar-refractivity contribution in [2.24, 2.45) is 7.05 Å². The quantitative estimate of drug-likeness (QED) is 0.787. The average molecular weight is 322 g/mol. The number of hydrogen-bond donors (Lipinski definition) is 1. The molecule has 0 bridgehead atoms. The number of aromatic nitrogens is 3. The Balaban J connectivity index is 1.57. The number of nitrogens with zero attached hydrogens (tertiary/aromatic N) is 3. The molecule has 1 N–H and O–H groups in total. The third-order valence-corrected chi connectivity index (χ3v) is 4.87. The van der Waals surface area contributed by atoms with Crippen molar-refractivity contribution in [3.05, 3.63) is 53.7 Å². The van der Waals surface area contributed by atoms with E-state index in [-0.39, 0.29) is 5.91 Å². The Labute approximate surface area is 141 Å². The normalized spacial score (nSPS) is 18.2. The second-order valence-corrected chi connectivity index (χ2v) is 6.71. The number of benzene rings is 1. The molecule has 1 saturated heterocycles. The van der Waals surface area contributed by atoms with E-state index in [0.717, 1.165) is 48.4 Å². The molecule has 1 aromatic carbocycles. The number of carbonyl (C=O) groups excluding carboxylic acids is 1. The lowest BCUT2D eigenvalue weighted by Crippen LogP contribution is -2.39. The summed E-state index contributed by atoms with van der Waals surface area (Å²) >= 11 is 0. The summed E-state index contributed by atoms with van der Waals surface area (Å²) in [5.74, 6) is 1.48. The number of fused-ring (bicyclic) bond motifs is 1. The van der Waals surface area contributed by atoms with Crippen molar-refractivity contribution in [1.29, 1.82) is 0 Å². The number of aryl methyl sites for hydroxylation is 2. The zero-order chi connectivity index (χ0) is 16.7. The molecule has 1 aliphatic rings. The van der Waals surface area contributed by atoms with Gasteiger partial charge >= 0.3 is 0 Å². The predicted molar refractivity (Wildman–Crippen MR) is 94.1 cm³/mol. The van der Waals surface area contributed by atoms with Gasteiger partial charge in [-0.1, -0.05) is 18.2 Å². The number of hydrogen-bond acceptors (Lipinski definition) is 2. The van der Waals surface area contributed by atoms with Crippen LogP contribution in [0, 0.1) is 6.92 Å². The lowest BCUT2D eigenvalue weighted by atomic mass is 9.97. The number of H-pyrrole nitrogens is 1. The monoisotopic (exact) mass is 322 g/mol. The molecule has 1 aliphatic heterocycles. The van der Waals surface area contributed by atoms with Crippen LogP contribution < -0.4 is 0 Å². The zero-order valence-electron chi connectivity index (χ0n) is 14.1. The maximum atomic E-state index is 12.9. The van der Waals surface area contributed by atoms with Crippen LogP contribution in [0.25, 0.3) is 10.9 Å². The fraction of sp³-hybridized carbons (Fsp3) is 0.368. The van der Waals surface area contributed by atoms with Gasteiger partial charge in [-0.05, 0) is 31.9 Å². The van der Waals surface area contributed by atoms with Crippen molar-refractivity contribution in [2.75, 3.05) is 13.1 Å². The van der Waals surface area contributed by atoms with E-state index in [1.807, 2.05) is 55.4 Å². The Morgan fingerprint density at radius 3 is 2.92 bits per heavy atom. The van der Waals surface area contributed by atoms with Crippen LogP contribution in [0.5, 0.6) is 0 Å². The van der Waals surface area contributed by atoms with Crippen molar-refractivity contribution in [3.8, 4) is 0 Å². The van der Waals surface area contributed by atoms with Crippen molar-refractivity contribution in [1.82, 2.24) is 19.4 Å². The number of likely N-dealkylation sites (tertiary alicyclic amines) is 1. The van der Waals surface area contributed by atoms with E-state index in [4.69, 9.17) is 0 Å². The molecule has 0 unspecified atom stereocenters. The van der Waals surface area contributed by atoms with Gasteiger partial charge in [0.15, 0.2) is 0 Å². The van der Waals surface area contributed by atoms with Gasteiger partial charge in [0.2, 0.25) is 0 Å². The fourth-order valence-electron chi connectivity index (χ4n) is 3.75. The molecule has 5 nitrogen and oxygen atoms in total. The molecule has 24 heavy (non-hydrogen) atoms. The van der Waals surface area contributed by atoms with Crippen molar-refractivity contribution in [2.45, 2.75) is 25.7 Å². The van der Waals surface area contributed by atoms with Crippen LogP contribution in [0.4, 0.5) is 0 Å². The van der Waals surface area contributed by atoms with Gasteiger partial charge in [0.25, 0.3) is 5.91 Å². The van der Waals surface area contributed by atoms with Crippen LogP contribution in [0.15, 0.2) is 36.5 Å². The predicted octanol–water partition coefficient (Wildman–Crippen LogP) is 3.23. The zero-order valence-corrected chi connectivity index (χ0v) is 14.1. The van der Waals surface area contributed by atoms with Gasteiger partial charge in [0, 0.05) is 43.2 Å². The van der Waals surface area contributed by atoms with Crippen LogP contribution >= 0.6 is 0 Å². The molecule has 0 saturated carbocycles. The maximum absolute atomic E-state index is 12.9. The van der Waals surface area contributed by atoms with E-state index in [9.17, 15) is 4.79 Å². The van der Waals surface area contributed by atoms with Gasteiger partial charge in [-0.2, -0.15) is 0 Å². The summed E-state index contributed by atoms with van der Waals surface area (Å²) in [6.45, 7) is 3.56. The van der Waals surface area contributed by atoms with Crippen LogP contribution in [0.2, 0.25) is 0 Å². The van der Waals surface area contributed by atoms with Crippen molar-refractivity contribution < 1.29 is 4.79 Å². The van der Waals surface area contributed by atoms with E-state index < -0.39 is 0 Å². The Morgan fingerprint density at radius 2 is 2.17 bits per heavy atom. The Bertz CT molecular complexity index is 859. The molecule has 3 heterocycles. The first-order valence-electron chi connectivity index (χ1n) is 8.48. The summed E-state index contributed by atoms with van der Waals surface area (Å²) in [4.78, 5) is 22.8. The number of para-hydroxylation sites is 1. The second kappa shape index (κ2) is 5.82. The standard InChI is InChI=1S/C19H22N4O/c1-13-11-22(2)18(20-13)15-7-5-9-23(12-15)19(24)17-10-14-6-3-4-8-16(14)21-17/h3-4,6,8,10-11,15,21H,5,7,9,12H2,1-2H3/t15-/m0/s1. The molecule has 4 rings (SSSR count). The van der Waals surface area contributed by atoms with Gasteiger partial charge in [-0.3, -0.25) is 4.79 Å². The highest BCUT2D eigenvalue weighted by atomic mass is 16.2. The van der Waals surface area contributed by atoms with Crippen LogP contribution in [-0.2, 0) is 7.05 Å². The van der Waals surface area contributed by atoms with E-state index >= 15 is 0 Å². The van der Waals surface area contributed by atoms with Crippen LogP contribution in [0.1, 0.15) is 40.8 Å². The molecule has 1 amide bonds. The summed E-state index contributed by atoms with van der Waals surface area (Å²) in [7, 11) is 2.04. The van der Waals surface area contributed by atoms with Gasteiger partial charge < -0.3 is 14.5 Å². The smallest absolute Gasteiger partial charge is 0.270 e. The summed E-state index contributed by atoms with van der Waals surface area (Å²) in [5.41, 5.74) is 2.72. The molecule has 0 spiro atoms. The minimum Gasteiger partial charge on any atom is -0.351 e. The number of rotatable bonds is 2. The Kier molecular flexibility index (Phi) is 3.63. The lowest BCUT2D eigenvalue weighted by molar-refractivity contribution is 0.0698. The minimum atomic E-state index is 0.0850. The molecule has 1 atom stereocenters. The SMILES string of the molecule is Cc1cn(C)c([C@H]2CCCN(C(=O)c3cc4ccccc4[nH]3)C2)n1. The Hall–Kier alpha value is -2.56. The number of carbonyl (C=O) groups is 1. The number of aromatic amines is 1. The number of piperidine rings is 1. The third-order valence-electron chi connectivity index (χ3n) is 4.87. The van der Waals surface area contributed by atoms with E-state index in [0.29, 0.717) is 11.6 Å². The molecule has 124 valence electrons. The number of nitrogens with one attached hydrogen (secondary N) is 1.